The Balaban J connectivity index is 2.64. The Kier molecular flexibility index (Phi) is 4.54. The van der Waals surface area contributed by atoms with Crippen molar-refractivity contribution in [3.8, 4) is 5.69 Å². The Bertz CT molecular complexity index is 760. The lowest BCUT2D eigenvalue weighted by Gasteiger charge is -2.09. The van der Waals surface area contributed by atoms with E-state index in [4.69, 9.17) is 0 Å². The van der Waals surface area contributed by atoms with Crippen molar-refractivity contribution in [3.05, 3.63) is 40.7 Å². The third-order valence-electron chi connectivity index (χ3n) is 3.23. The molecule has 0 radical (unpaired) electrons. The maximum Gasteiger partial charge on any atom is 0.337 e. The second-order valence-electron chi connectivity index (χ2n) is 4.74. The highest BCUT2D eigenvalue weighted by atomic mass is 16.5. The smallest absolute Gasteiger partial charge is 0.337 e. The standard InChI is InChI=1S/C15H15N3O5/c1-8-13(9(2)19)16-17-18(8)12-6-10(14(20)22-3)5-11(7-12)15(21)23-4/h5-7H,1-4H3. The summed E-state index contributed by atoms with van der Waals surface area (Å²) in [5, 5.41) is 7.71. The van der Waals surface area contributed by atoms with Gasteiger partial charge < -0.3 is 9.47 Å². The van der Waals surface area contributed by atoms with Gasteiger partial charge in [0, 0.05) is 6.92 Å². The summed E-state index contributed by atoms with van der Waals surface area (Å²) in [4.78, 5) is 35.1. The van der Waals surface area contributed by atoms with Crippen LogP contribution in [0.5, 0.6) is 0 Å². The van der Waals surface area contributed by atoms with E-state index in [0.717, 1.165) is 0 Å². The number of esters is 2. The van der Waals surface area contributed by atoms with Gasteiger partial charge in [-0.15, -0.1) is 5.10 Å². The Morgan fingerprint density at radius 1 is 1.00 bits per heavy atom. The second-order valence-corrected chi connectivity index (χ2v) is 4.74. The first-order chi connectivity index (χ1) is 10.9. The molecule has 0 bridgehead atoms. The van der Waals surface area contributed by atoms with E-state index in [1.807, 2.05) is 0 Å². The predicted molar refractivity (Wildman–Crippen MR) is 78.8 cm³/mol. The number of methoxy groups -OCH3 is 2. The van der Waals surface area contributed by atoms with Crippen LogP contribution in [-0.4, -0.2) is 46.9 Å². The average Bonchev–Trinajstić information content (AvgIpc) is 2.94. The van der Waals surface area contributed by atoms with Gasteiger partial charge in [0.15, 0.2) is 11.5 Å². The molecule has 8 heteroatoms. The number of Topliss-reactive ketones (excluding diaryl/α,β-unsaturated/α-hetero) is 1. The van der Waals surface area contributed by atoms with Crippen molar-refractivity contribution >= 4 is 17.7 Å². The average molecular weight is 317 g/mol. The van der Waals surface area contributed by atoms with Crippen LogP contribution in [0.25, 0.3) is 5.69 Å². The van der Waals surface area contributed by atoms with Gasteiger partial charge in [-0.2, -0.15) is 0 Å². The molecule has 8 nitrogen and oxygen atoms in total. The molecule has 0 saturated carbocycles. The largest absolute Gasteiger partial charge is 0.465 e. The first-order valence-electron chi connectivity index (χ1n) is 6.64. The van der Waals surface area contributed by atoms with Gasteiger partial charge >= 0.3 is 11.9 Å². The highest BCUT2D eigenvalue weighted by molar-refractivity contribution is 5.96. The van der Waals surface area contributed by atoms with E-state index in [-0.39, 0.29) is 22.6 Å². The number of carbonyl (C=O) groups excluding carboxylic acids is 3. The lowest BCUT2D eigenvalue weighted by atomic mass is 10.1. The van der Waals surface area contributed by atoms with Crippen molar-refractivity contribution in [3.63, 3.8) is 0 Å². The van der Waals surface area contributed by atoms with Gasteiger partial charge in [0.25, 0.3) is 0 Å². The van der Waals surface area contributed by atoms with E-state index >= 15 is 0 Å². The molecule has 0 aliphatic carbocycles. The summed E-state index contributed by atoms with van der Waals surface area (Å²) < 4.78 is 10.7. The van der Waals surface area contributed by atoms with Gasteiger partial charge in [0.2, 0.25) is 0 Å². The zero-order valence-corrected chi connectivity index (χ0v) is 13.1. The number of ether oxygens (including phenoxy) is 2. The highest BCUT2D eigenvalue weighted by Crippen LogP contribution is 2.18. The number of carbonyl (C=O) groups is 3. The fourth-order valence-electron chi connectivity index (χ4n) is 2.10. The van der Waals surface area contributed by atoms with Crippen LogP contribution in [0.2, 0.25) is 0 Å². The Morgan fingerprint density at radius 2 is 1.52 bits per heavy atom. The Morgan fingerprint density at radius 3 is 1.91 bits per heavy atom. The summed E-state index contributed by atoms with van der Waals surface area (Å²) in [6.07, 6.45) is 0. The van der Waals surface area contributed by atoms with E-state index < -0.39 is 11.9 Å². The molecule has 23 heavy (non-hydrogen) atoms. The zero-order valence-electron chi connectivity index (χ0n) is 13.1. The maximum absolute atomic E-state index is 11.8. The number of hydrogen-bond donors (Lipinski definition) is 0. The van der Waals surface area contributed by atoms with Crippen LogP contribution in [0.4, 0.5) is 0 Å². The van der Waals surface area contributed by atoms with Crippen LogP contribution < -0.4 is 0 Å². The highest BCUT2D eigenvalue weighted by Gasteiger charge is 2.18. The fourth-order valence-corrected chi connectivity index (χ4v) is 2.10. The van der Waals surface area contributed by atoms with Crippen LogP contribution >= 0.6 is 0 Å². The molecule has 0 unspecified atom stereocenters. The lowest BCUT2D eigenvalue weighted by molar-refractivity contribution is 0.0599. The summed E-state index contributed by atoms with van der Waals surface area (Å²) in [6, 6.07) is 4.34. The van der Waals surface area contributed by atoms with Gasteiger partial charge in [-0.3, -0.25) is 4.79 Å². The first kappa shape index (κ1) is 16.3. The minimum absolute atomic E-state index is 0.157. The van der Waals surface area contributed by atoms with E-state index in [1.54, 1.807) is 6.92 Å². The summed E-state index contributed by atoms with van der Waals surface area (Å²) in [6.45, 7) is 3.05. The molecular formula is C15H15N3O5. The number of hydrogen-bond acceptors (Lipinski definition) is 7. The van der Waals surface area contributed by atoms with Crippen LogP contribution in [0.3, 0.4) is 0 Å². The molecule has 0 amide bonds. The van der Waals surface area contributed by atoms with Gasteiger partial charge in [0.05, 0.1) is 36.7 Å². The number of benzene rings is 1. The third kappa shape index (κ3) is 3.10. The van der Waals surface area contributed by atoms with Crippen molar-refractivity contribution in [1.29, 1.82) is 0 Å². The fraction of sp³-hybridized carbons (Fsp3) is 0.267. The molecule has 1 heterocycles. The van der Waals surface area contributed by atoms with Gasteiger partial charge in [-0.05, 0) is 25.1 Å². The molecule has 120 valence electrons. The Labute approximate surface area is 132 Å². The van der Waals surface area contributed by atoms with Crippen LogP contribution in [0.1, 0.15) is 43.8 Å². The van der Waals surface area contributed by atoms with Gasteiger partial charge in [0.1, 0.15) is 0 Å². The molecular weight excluding hydrogens is 302 g/mol. The molecule has 0 aliphatic heterocycles. The topological polar surface area (TPSA) is 100 Å². The van der Waals surface area contributed by atoms with Crippen LogP contribution in [-0.2, 0) is 9.47 Å². The number of aromatic nitrogens is 3. The SMILES string of the molecule is COC(=O)c1cc(C(=O)OC)cc(-n2nnc(C(C)=O)c2C)c1. The van der Waals surface area contributed by atoms with Crippen molar-refractivity contribution in [2.75, 3.05) is 14.2 Å². The first-order valence-corrected chi connectivity index (χ1v) is 6.64. The molecule has 0 atom stereocenters. The van der Waals surface area contributed by atoms with E-state index in [1.165, 1.54) is 44.0 Å². The minimum Gasteiger partial charge on any atom is -0.465 e. The van der Waals surface area contributed by atoms with Gasteiger partial charge in [-0.1, -0.05) is 5.21 Å². The summed E-state index contributed by atoms with van der Waals surface area (Å²) in [5.41, 5.74) is 1.42. The lowest BCUT2D eigenvalue weighted by Crippen LogP contribution is -2.10. The van der Waals surface area contributed by atoms with E-state index in [2.05, 4.69) is 19.8 Å². The molecule has 1 aromatic heterocycles. The van der Waals surface area contributed by atoms with Crippen molar-refractivity contribution in [2.24, 2.45) is 0 Å². The normalized spacial score (nSPS) is 10.3. The van der Waals surface area contributed by atoms with Crippen molar-refractivity contribution in [1.82, 2.24) is 15.0 Å². The van der Waals surface area contributed by atoms with E-state index in [9.17, 15) is 14.4 Å². The molecule has 0 saturated heterocycles. The molecule has 2 rings (SSSR count). The number of ketones is 1. The maximum atomic E-state index is 11.8. The quantitative estimate of drug-likeness (QED) is 0.619. The van der Waals surface area contributed by atoms with Crippen molar-refractivity contribution < 1.29 is 23.9 Å². The van der Waals surface area contributed by atoms with E-state index in [0.29, 0.717) is 11.4 Å². The molecule has 0 N–H and O–H groups in total. The summed E-state index contributed by atoms with van der Waals surface area (Å²) >= 11 is 0. The molecule has 1 aromatic carbocycles. The monoisotopic (exact) mass is 317 g/mol. The molecule has 0 spiro atoms. The Hall–Kier alpha value is -3.03. The zero-order chi connectivity index (χ0) is 17.1. The minimum atomic E-state index is -0.610. The van der Waals surface area contributed by atoms with Gasteiger partial charge in [-0.25, -0.2) is 14.3 Å². The molecule has 0 fully saturated rings. The molecule has 0 aliphatic rings. The second kappa shape index (κ2) is 6.39. The molecule has 2 aromatic rings. The van der Waals surface area contributed by atoms with Crippen molar-refractivity contribution in [2.45, 2.75) is 13.8 Å². The number of nitrogens with zero attached hydrogens (tertiary/aromatic N) is 3. The summed E-state index contributed by atoms with van der Waals surface area (Å²) in [7, 11) is 2.47. The predicted octanol–water partition coefficient (Wildman–Crippen LogP) is 1.35. The van der Waals surface area contributed by atoms with Crippen LogP contribution in [0, 0.1) is 6.92 Å². The third-order valence-corrected chi connectivity index (χ3v) is 3.23. The summed E-state index contributed by atoms with van der Waals surface area (Å²) in [5.74, 6) is -1.45. The number of rotatable bonds is 4. The van der Waals surface area contributed by atoms with Crippen LogP contribution in [0.15, 0.2) is 18.2 Å².